The van der Waals surface area contributed by atoms with Crippen molar-refractivity contribution in [2.75, 3.05) is 0 Å². The SMILES string of the molecule is CCC[As](CCC)CCC.CCC[As](CCC)CCC.[Cl-].[Cl-].[Pd]. The maximum Gasteiger partial charge on any atom is 0 e. The Morgan fingerprint density at radius 3 is 0.609 bits per heavy atom. The van der Waals surface area contributed by atoms with Crippen LogP contribution in [0.4, 0.5) is 0 Å². The molecule has 0 aliphatic carbocycles. The summed E-state index contributed by atoms with van der Waals surface area (Å²) in [5.41, 5.74) is 0. The molecule has 23 heavy (non-hydrogen) atoms. The van der Waals surface area contributed by atoms with Gasteiger partial charge in [0.25, 0.3) is 0 Å². The third-order valence-electron chi connectivity index (χ3n) is 3.24. The number of hydrogen-bond acceptors (Lipinski definition) is 0. The average Bonchev–Trinajstić information content (AvgIpc) is 2.41. The van der Waals surface area contributed by atoms with Crippen molar-refractivity contribution < 1.29 is 45.2 Å². The van der Waals surface area contributed by atoms with Crippen LogP contribution in [0, 0.1) is 0 Å². The first-order valence-electron chi connectivity index (χ1n) is 9.14. The van der Waals surface area contributed by atoms with Gasteiger partial charge in [-0.3, -0.25) is 0 Å². The molecule has 150 valence electrons. The van der Waals surface area contributed by atoms with E-state index in [0.29, 0.717) is 0 Å². The van der Waals surface area contributed by atoms with Crippen molar-refractivity contribution in [3.8, 4) is 0 Å². The van der Waals surface area contributed by atoms with Gasteiger partial charge < -0.3 is 24.8 Å². The van der Waals surface area contributed by atoms with Crippen LogP contribution >= 0.6 is 0 Å². The van der Waals surface area contributed by atoms with Crippen molar-refractivity contribution in [3.63, 3.8) is 0 Å². The van der Waals surface area contributed by atoms with Gasteiger partial charge >= 0.3 is 141 Å². The third-order valence-corrected chi connectivity index (χ3v) is 16.8. The van der Waals surface area contributed by atoms with Gasteiger partial charge in [0.1, 0.15) is 0 Å². The fraction of sp³-hybridized carbons (Fsp3) is 1.00. The van der Waals surface area contributed by atoms with E-state index < -0.39 is 0 Å². The second-order valence-corrected chi connectivity index (χ2v) is 16.9. The van der Waals surface area contributed by atoms with Gasteiger partial charge in [0.05, 0.1) is 0 Å². The molecule has 0 radical (unpaired) electrons. The summed E-state index contributed by atoms with van der Waals surface area (Å²) in [5, 5.41) is 9.55. The molecule has 0 saturated carbocycles. The van der Waals surface area contributed by atoms with Crippen LogP contribution in [0.3, 0.4) is 0 Å². The topological polar surface area (TPSA) is 0 Å². The molecule has 5 heteroatoms. The molecule has 0 atom stereocenters. The zero-order valence-electron chi connectivity index (χ0n) is 16.5. The van der Waals surface area contributed by atoms with Crippen LogP contribution in [0.5, 0.6) is 0 Å². The predicted molar refractivity (Wildman–Crippen MR) is 102 cm³/mol. The molecule has 0 spiro atoms. The van der Waals surface area contributed by atoms with Crippen molar-refractivity contribution in [2.24, 2.45) is 0 Å². The van der Waals surface area contributed by atoms with E-state index in [-0.39, 0.29) is 74.5 Å². The van der Waals surface area contributed by atoms with Crippen LogP contribution in [0.2, 0.25) is 31.3 Å². The van der Waals surface area contributed by atoms with E-state index >= 15 is 0 Å². The Balaban J connectivity index is -0.0000000831. The molecule has 0 heterocycles. The second-order valence-electron chi connectivity index (χ2n) is 5.68. The molecule has 0 nitrogen and oxygen atoms in total. The summed E-state index contributed by atoms with van der Waals surface area (Å²) in [6.45, 7) is 14.0. The standard InChI is InChI=1S/2C9H21As.2ClH.Pd/c2*1-4-7-10(8-5-2)9-6-3;;;/h2*4-9H2,1-3H3;2*1H;/p-2. The molecular weight excluding hydrogens is 543 g/mol. The molecule has 0 aromatic heterocycles. The summed E-state index contributed by atoms with van der Waals surface area (Å²) in [6.07, 6.45) is 8.58. The normalized spacial score (nSPS) is 9.39. The quantitative estimate of drug-likeness (QED) is 0.304. The molecule has 0 aliphatic heterocycles. The fourth-order valence-corrected chi connectivity index (χ4v) is 13.3. The Kier molecular flexibility index (Phi) is 50.6. The van der Waals surface area contributed by atoms with Crippen LogP contribution in [-0.4, -0.2) is 29.3 Å². The summed E-state index contributed by atoms with van der Waals surface area (Å²) in [5.74, 6) is 0. The summed E-state index contributed by atoms with van der Waals surface area (Å²) in [4.78, 5) is 0. The molecule has 0 N–H and O–H groups in total. The molecule has 0 saturated heterocycles. The van der Waals surface area contributed by atoms with Gasteiger partial charge in [-0.15, -0.1) is 0 Å². The van der Waals surface area contributed by atoms with E-state index in [4.69, 9.17) is 0 Å². The Morgan fingerprint density at radius 2 is 0.522 bits per heavy atom. The Labute approximate surface area is 184 Å². The number of rotatable bonds is 12. The van der Waals surface area contributed by atoms with E-state index in [9.17, 15) is 0 Å². The van der Waals surface area contributed by atoms with Gasteiger partial charge in [-0.05, 0) is 0 Å². The zero-order valence-corrected chi connectivity index (χ0v) is 23.3. The molecule has 0 fully saturated rings. The Hall–Kier alpha value is 2.36. The van der Waals surface area contributed by atoms with Crippen LogP contribution in [0.25, 0.3) is 0 Å². The van der Waals surface area contributed by atoms with Crippen molar-refractivity contribution in [1.29, 1.82) is 0 Å². The van der Waals surface area contributed by atoms with Crippen molar-refractivity contribution in [2.45, 2.75) is 111 Å². The third kappa shape index (κ3) is 29.4. The van der Waals surface area contributed by atoms with Crippen LogP contribution in [-0.2, 0) is 20.4 Å². The molecule has 0 aromatic carbocycles. The second kappa shape index (κ2) is 32.1. The summed E-state index contributed by atoms with van der Waals surface area (Å²) in [6, 6.07) is 0. The Bertz CT molecular complexity index is 129. The minimum atomic E-state index is -0.297. The molecule has 0 rings (SSSR count). The maximum atomic E-state index is 2.33. The van der Waals surface area contributed by atoms with Crippen LogP contribution in [0.15, 0.2) is 0 Å². The zero-order chi connectivity index (χ0) is 15.6. The predicted octanol–water partition coefficient (Wildman–Crippen LogP) is 1.43. The first-order valence-corrected chi connectivity index (χ1v) is 17.1. The van der Waals surface area contributed by atoms with E-state index in [0.717, 1.165) is 0 Å². The van der Waals surface area contributed by atoms with Gasteiger partial charge in [0.15, 0.2) is 0 Å². The minimum Gasteiger partial charge on any atom is -1.00 e. The molecule has 0 bridgehead atoms. The average molecular weight is 586 g/mol. The smallest absolute Gasteiger partial charge is 0 e. The molecule has 0 unspecified atom stereocenters. The van der Waals surface area contributed by atoms with E-state index in [2.05, 4.69) is 41.5 Å². The van der Waals surface area contributed by atoms with Crippen LogP contribution < -0.4 is 24.8 Å². The molecule has 0 amide bonds. The largest absolute Gasteiger partial charge is 1.00 e. The number of halogens is 2. The molecular formula is C18H42As2Cl2Pd-2. The van der Waals surface area contributed by atoms with Gasteiger partial charge in [0, 0.05) is 20.4 Å². The summed E-state index contributed by atoms with van der Waals surface area (Å²) < 4.78 is 0. The summed E-state index contributed by atoms with van der Waals surface area (Å²) in [7, 11) is 0. The summed E-state index contributed by atoms with van der Waals surface area (Å²) >= 11 is -0.594. The van der Waals surface area contributed by atoms with E-state index in [1.165, 1.54) is 38.5 Å². The van der Waals surface area contributed by atoms with Gasteiger partial charge in [-0.2, -0.15) is 0 Å². The maximum absolute atomic E-state index is 2.33. The first kappa shape index (κ1) is 36.3. The fourth-order valence-electron chi connectivity index (χ4n) is 2.57. The van der Waals surface area contributed by atoms with Crippen LogP contribution in [0.1, 0.15) is 80.1 Å². The number of hydrogen-bond donors (Lipinski definition) is 0. The van der Waals surface area contributed by atoms with Crippen molar-refractivity contribution in [3.05, 3.63) is 0 Å². The minimum absolute atomic E-state index is 0. The molecule has 0 aliphatic rings. The van der Waals surface area contributed by atoms with Crippen molar-refractivity contribution in [1.82, 2.24) is 0 Å². The van der Waals surface area contributed by atoms with E-state index in [1.807, 2.05) is 0 Å². The van der Waals surface area contributed by atoms with E-state index in [1.54, 1.807) is 31.3 Å². The Morgan fingerprint density at radius 1 is 0.391 bits per heavy atom. The van der Waals surface area contributed by atoms with Crippen molar-refractivity contribution >= 4 is 29.3 Å². The first-order chi connectivity index (χ1) is 9.69. The van der Waals surface area contributed by atoms with Gasteiger partial charge in [-0.25, -0.2) is 0 Å². The van der Waals surface area contributed by atoms with Gasteiger partial charge in [0.2, 0.25) is 0 Å². The van der Waals surface area contributed by atoms with Gasteiger partial charge in [-0.1, -0.05) is 0 Å². The molecule has 0 aromatic rings. The monoisotopic (exact) mass is 584 g/mol.